The Balaban J connectivity index is 1.84. The molecule has 1 aliphatic carbocycles. The normalized spacial score (nSPS) is 25.0. The SMILES string of the molecule is CC#Cc1cncc(-c2ccc(CC)c(C3(C4CCC(OC)CC4)N=C(C)C(N)=N3)c2)c1. The second kappa shape index (κ2) is 9.26. The van der Waals surface area contributed by atoms with Crippen LogP contribution in [0.25, 0.3) is 11.1 Å². The van der Waals surface area contributed by atoms with Crippen molar-refractivity contribution in [3.8, 4) is 23.0 Å². The third-order valence-electron chi connectivity index (χ3n) is 6.80. The van der Waals surface area contributed by atoms with Crippen molar-refractivity contribution in [2.75, 3.05) is 7.11 Å². The number of rotatable bonds is 5. The van der Waals surface area contributed by atoms with Crippen LogP contribution in [0, 0.1) is 17.8 Å². The minimum atomic E-state index is -0.664. The van der Waals surface area contributed by atoms with Crippen LogP contribution >= 0.6 is 0 Å². The summed E-state index contributed by atoms with van der Waals surface area (Å²) in [5, 5.41) is 0. The van der Waals surface area contributed by atoms with E-state index in [0.717, 1.165) is 60.1 Å². The summed E-state index contributed by atoms with van der Waals surface area (Å²) in [7, 11) is 1.80. The number of pyridine rings is 1. The second-order valence-corrected chi connectivity index (χ2v) is 8.69. The molecule has 2 aliphatic rings. The molecule has 1 fully saturated rings. The van der Waals surface area contributed by atoms with Crippen molar-refractivity contribution in [2.45, 2.75) is 64.6 Å². The molecule has 1 aromatic heterocycles. The maximum Gasteiger partial charge on any atom is 0.181 e. The Kier molecular flexibility index (Phi) is 6.43. The molecule has 1 aliphatic heterocycles. The predicted molar refractivity (Wildman–Crippen MR) is 131 cm³/mol. The number of hydrogen-bond donors (Lipinski definition) is 1. The highest BCUT2D eigenvalue weighted by atomic mass is 16.5. The Hall–Kier alpha value is -2.97. The zero-order chi connectivity index (χ0) is 22.7. The van der Waals surface area contributed by atoms with E-state index in [1.54, 1.807) is 13.3 Å². The lowest BCUT2D eigenvalue weighted by Crippen LogP contribution is -2.36. The molecule has 5 nitrogen and oxygen atoms in total. The number of hydrogen-bond acceptors (Lipinski definition) is 5. The number of nitrogens with two attached hydrogens (primary N) is 1. The van der Waals surface area contributed by atoms with E-state index in [0.29, 0.717) is 17.9 Å². The zero-order valence-corrected chi connectivity index (χ0v) is 19.5. The number of methoxy groups -OCH3 is 1. The van der Waals surface area contributed by atoms with Crippen LogP contribution in [0.5, 0.6) is 0 Å². The first-order valence-electron chi connectivity index (χ1n) is 11.5. The highest BCUT2D eigenvalue weighted by Gasteiger charge is 2.46. The van der Waals surface area contributed by atoms with Gasteiger partial charge in [0, 0.05) is 42.1 Å². The van der Waals surface area contributed by atoms with Gasteiger partial charge in [0.15, 0.2) is 5.66 Å². The second-order valence-electron chi connectivity index (χ2n) is 8.69. The van der Waals surface area contributed by atoms with Crippen LogP contribution in [-0.4, -0.2) is 29.7 Å². The summed E-state index contributed by atoms with van der Waals surface area (Å²) >= 11 is 0. The molecule has 2 aromatic rings. The molecule has 2 N–H and O–H groups in total. The van der Waals surface area contributed by atoms with Crippen LogP contribution in [0.1, 0.15) is 63.1 Å². The first-order chi connectivity index (χ1) is 15.5. The van der Waals surface area contributed by atoms with Crippen LogP contribution in [0.3, 0.4) is 0 Å². The van der Waals surface area contributed by atoms with E-state index in [1.807, 2.05) is 20.0 Å². The van der Waals surface area contributed by atoms with E-state index < -0.39 is 5.66 Å². The summed E-state index contributed by atoms with van der Waals surface area (Å²) in [6.45, 7) is 5.99. The predicted octanol–water partition coefficient (Wildman–Crippen LogP) is 4.87. The summed E-state index contributed by atoms with van der Waals surface area (Å²) in [5.74, 6) is 6.90. The topological polar surface area (TPSA) is 72.9 Å². The molecule has 0 saturated heterocycles. The molecule has 4 rings (SSSR count). The van der Waals surface area contributed by atoms with Crippen LogP contribution in [0.2, 0.25) is 0 Å². The number of nitrogens with zero attached hydrogens (tertiary/aromatic N) is 3. The van der Waals surface area contributed by atoms with Gasteiger partial charge in [-0.15, -0.1) is 5.92 Å². The van der Waals surface area contributed by atoms with Gasteiger partial charge in [0.05, 0.1) is 11.8 Å². The van der Waals surface area contributed by atoms with Crippen LogP contribution in [0.4, 0.5) is 0 Å². The minimum absolute atomic E-state index is 0.292. The van der Waals surface area contributed by atoms with Crippen LogP contribution in [0.15, 0.2) is 46.6 Å². The summed E-state index contributed by atoms with van der Waals surface area (Å²) in [5.41, 5.74) is 12.0. The van der Waals surface area contributed by atoms with E-state index in [2.05, 4.69) is 48.0 Å². The quantitative estimate of drug-likeness (QED) is 0.691. The minimum Gasteiger partial charge on any atom is -0.382 e. The third kappa shape index (κ3) is 4.08. The van der Waals surface area contributed by atoms with Gasteiger partial charge in [0.25, 0.3) is 0 Å². The molecule has 1 aromatic carbocycles. The van der Waals surface area contributed by atoms with Gasteiger partial charge in [-0.2, -0.15) is 0 Å². The Bertz CT molecular complexity index is 1100. The Morgan fingerprint density at radius 3 is 2.50 bits per heavy atom. The Morgan fingerprint density at radius 2 is 1.88 bits per heavy atom. The van der Waals surface area contributed by atoms with Gasteiger partial charge in [-0.3, -0.25) is 9.98 Å². The van der Waals surface area contributed by atoms with Crippen molar-refractivity contribution in [2.24, 2.45) is 21.6 Å². The smallest absolute Gasteiger partial charge is 0.181 e. The van der Waals surface area contributed by atoms with Crippen molar-refractivity contribution in [1.29, 1.82) is 0 Å². The van der Waals surface area contributed by atoms with E-state index in [9.17, 15) is 0 Å². The largest absolute Gasteiger partial charge is 0.382 e. The van der Waals surface area contributed by atoms with Crippen molar-refractivity contribution >= 4 is 11.5 Å². The fourth-order valence-electron chi connectivity index (χ4n) is 5.04. The molecule has 0 spiro atoms. The van der Waals surface area contributed by atoms with E-state index in [-0.39, 0.29) is 0 Å². The van der Waals surface area contributed by atoms with Crippen LogP contribution in [-0.2, 0) is 16.8 Å². The maximum atomic E-state index is 6.31. The molecule has 1 atom stereocenters. The first kappa shape index (κ1) is 22.2. The molecule has 0 radical (unpaired) electrons. The van der Waals surface area contributed by atoms with Crippen molar-refractivity contribution in [3.05, 3.63) is 53.3 Å². The average Bonchev–Trinajstić information content (AvgIpc) is 3.14. The van der Waals surface area contributed by atoms with Gasteiger partial charge in [0.1, 0.15) is 5.84 Å². The summed E-state index contributed by atoms with van der Waals surface area (Å²) < 4.78 is 5.62. The maximum absolute atomic E-state index is 6.31. The van der Waals surface area contributed by atoms with Gasteiger partial charge in [-0.1, -0.05) is 25.0 Å². The van der Waals surface area contributed by atoms with Gasteiger partial charge in [-0.25, -0.2) is 4.99 Å². The van der Waals surface area contributed by atoms with E-state index in [1.165, 1.54) is 5.56 Å². The summed E-state index contributed by atoms with van der Waals surface area (Å²) in [6, 6.07) is 8.71. The number of aliphatic imine (C=N–C) groups is 2. The molecule has 166 valence electrons. The molecule has 2 heterocycles. The van der Waals surface area contributed by atoms with Gasteiger partial charge < -0.3 is 10.5 Å². The monoisotopic (exact) mass is 428 g/mol. The molecule has 0 amide bonds. The average molecular weight is 429 g/mol. The molecule has 1 unspecified atom stereocenters. The van der Waals surface area contributed by atoms with Gasteiger partial charge in [-0.05, 0) is 69.2 Å². The molecular weight excluding hydrogens is 396 g/mol. The fourth-order valence-corrected chi connectivity index (χ4v) is 5.04. The van der Waals surface area contributed by atoms with Gasteiger partial charge >= 0.3 is 0 Å². The molecule has 5 heteroatoms. The number of ether oxygens (including phenoxy) is 1. The van der Waals surface area contributed by atoms with Crippen molar-refractivity contribution < 1.29 is 4.74 Å². The number of amidine groups is 1. The lowest BCUT2D eigenvalue weighted by atomic mass is 9.74. The molecule has 0 bridgehead atoms. The highest BCUT2D eigenvalue weighted by Crippen LogP contribution is 2.47. The molecular formula is C27H32N4O. The number of aryl methyl sites for hydroxylation is 1. The standard InChI is InChI=1S/C27H32N4O/c1-5-7-19-14-22(17-29-16-19)21-9-8-20(6-2)25(15-21)27(30-18(3)26(28)31-27)23-10-12-24(32-4)13-11-23/h8-9,14-17,23-24H,6,10-13H2,1-4H3,(H2,28,31). The summed E-state index contributed by atoms with van der Waals surface area (Å²) in [4.78, 5) is 14.6. The van der Waals surface area contributed by atoms with E-state index in [4.69, 9.17) is 20.5 Å². The first-order valence-corrected chi connectivity index (χ1v) is 11.5. The van der Waals surface area contributed by atoms with E-state index >= 15 is 0 Å². The number of benzene rings is 1. The summed E-state index contributed by atoms with van der Waals surface area (Å²) in [6.07, 6.45) is 9.00. The highest BCUT2D eigenvalue weighted by molar-refractivity contribution is 6.41. The lowest BCUT2D eigenvalue weighted by molar-refractivity contribution is 0.0425. The lowest BCUT2D eigenvalue weighted by Gasteiger charge is -2.38. The van der Waals surface area contributed by atoms with Gasteiger partial charge in [0.2, 0.25) is 0 Å². The number of aromatic nitrogens is 1. The van der Waals surface area contributed by atoms with Crippen molar-refractivity contribution in [3.63, 3.8) is 0 Å². The van der Waals surface area contributed by atoms with Crippen molar-refractivity contribution in [1.82, 2.24) is 4.98 Å². The fraction of sp³-hybridized carbons (Fsp3) is 0.444. The Labute approximate surface area is 191 Å². The molecule has 1 saturated carbocycles. The molecule has 32 heavy (non-hydrogen) atoms. The van der Waals surface area contributed by atoms with Crippen LogP contribution < -0.4 is 5.73 Å². The zero-order valence-electron chi connectivity index (χ0n) is 19.5. The Morgan fingerprint density at radius 1 is 1.09 bits per heavy atom. The third-order valence-corrected chi connectivity index (χ3v) is 6.80.